The van der Waals surface area contributed by atoms with E-state index in [0.717, 1.165) is 12.3 Å². The van der Waals surface area contributed by atoms with E-state index in [2.05, 4.69) is 6.92 Å². The Balaban J connectivity index is 1.56. The van der Waals surface area contributed by atoms with Gasteiger partial charge in [0.05, 0.1) is 13.2 Å². The second-order valence-corrected chi connectivity index (χ2v) is 8.04. The highest BCUT2D eigenvalue weighted by Crippen LogP contribution is 2.43. The van der Waals surface area contributed by atoms with Gasteiger partial charge in [-0.15, -0.1) is 0 Å². The molecule has 0 amide bonds. The fraction of sp³-hybridized carbons (Fsp3) is 0.727. The zero-order valence-electron chi connectivity index (χ0n) is 16.2. The van der Waals surface area contributed by atoms with Gasteiger partial charge in [0, 0.05) is 12.0 Å². The predicted octanol–water partition coefficient (Wildman–Crippen LogP) is 5.40. The topological polar surface area (TPSA) is 38.7 Å². The first-order valence-corrected chi connectivity index (χ1v) is 10.3. The van der Waals surface area contributed by atoms with Gasteiger partial charge in [-0.1, -0.05) is 32.6 Å². The molecule has 1 saturated heterocycles. The van der Waals surface area contributed by atoms with Gasteiger partial charge in [0.25, 0.3) is 0 Å². The fourth-order valence-electron chi connectivity index (χ4n) is 4.75. The molecule has 2 atom stereocenters. The third kappa shape index (κ3) is 4.40. The lowest BCUT2D eigenvalue weighted by molar-refractivity contribution is -0.250. The molecule has 1 heterocycles. The molecule has 0 spiro atoms. The maximum Gasteiger partial charge on any atom is 0.192 e. The minimum Gasteiger partial charge on any atom is -0.491 e. The van der Waals surface area contributed by atoms with Crippen LogP contribution in [0.2, 0.25) is 0 Å². The number of hydrogen-bond donors (Lipinski definition) is 1. The lowest BCUT2D eigenvalue weighted by Gasteiger charge is -2.41. The Hall–Kier alpha value is -1.13. The van der Waals surface area contributed by atoms with Gasteiger partial charge in [0.15, 0.2) is 17.4 Å². The van der Waals surface area contributed by atoms with E-state index in [-0.39, 0.29) is 5.75 Å². The third-order valence-electron chi connectivity index (χ3n) is 6.33. The largest absolute Gasteiger partial charge is 0.491 e. The van der Waals surface area contributed by atoms with E-state index in [0.29, 0.717) is 37.0 Å². The molecule has 0 radical (unpaired) electrons. The maximum atomic E-state index is 14.1. The number of ether oxygens (including phenoxy) is 2. The van der Waals surface area contributed by atoms with Crippen LogP contribution in [-0.4, -0.2) is 18.3 Å². The first-order valence-electron chi connectivity index (χ1n) is 10.3. The van der Waals surface area contributed by atoms with Crippen LogP contribution >= 0.6 is 0 Å². The minimum absolute atomic E-state index is 0.220. The second-order valence-electron chi connectivity index (χ2n) is 8.04. The molecule has 4 heteroatoms. The van der Waals surface area contributed by atoms with Crippen molar-refractivity contribution in [1.29, 1.82) is 0 Å². The lowest BCUT2D eigenvalue weighted by atomic mass is 9.72. The molecule has 1 aromatic carbocycles. The van der Waals surface area contributed by atoms with E-state index in [1.807, 2.05) is 6.92 Å². The molecule has 1 unspecified atom stereocenters. The number of rotatable bonds is 6. The van der Waals surface area contributed by atoms with Gasteiger partial charge in [0.2, 0.25) is 0 Å². The third-order valence-corrected chi connectivity index (χ3v) is 6.33. The molecule has 146 valence electrons. The van der Waals surface area contributed by atoms with E-state index in [9.17, 15) is 9.50 Å². The highest BCUT2D eigenvalue weighted by Gasteiger charge is 2.39. The van der Waals surface area contributed by atoms with Crippen LogP contribution < -0.4 is 4.74 Å². The Kier molecular flexibility index (Phi) is 6.57. The molecule has 1 aliphatic carbocycles. The average molecular weight is 365 g/mol. The Morgan fingerprint density at radius 3 is 2.50 bits per heavy atom. The summed E-state index contributed by atoms with van der Waals surface area (Å²) in [5.74, 6) is 0.538. The van der Waals surface area contributed by atoms with Crippen LogP contribution in [0.3, 0.4) is 0 Å². The summed E-state index contributed by atoms with van der Waals surface area (Å²) in [5.41, 5.74) is 0.489. The summed E-state index contributed by atoms with van der Waals surface area (Å²) >= 11 is 0. The summed E-state index contributed by atoms with van der Waals surface area (Å²) in [5, 5.41) is 10.9. The molecule has 3 rings (SSSR count). The minimum atomic E-state index is -1.37. The van der Waals surface area contributed by atoms with Crippen molar-refractivity contribution in [3.8, 4) is 5.75 Å². The van der Waals surface area contributed by atoms with Crippen molar-refractivity contribution in [3.63, 3.8) is 0 Å². The normalized spacial score (nSPS) is 32.4. The molecular formula is C22H33FO3. The van der Waals surface area contributed by atoms with Crippen LogP contribution in [0.4, 0.5) is 4.39 Å². The molecule has 3 nitrogen and oxygen atoms in total. The van der Waals surface area contributed by atoms with Crippen molar-refractivity contribution in [2.24, 2.45) is 17.8 Å². The van der Waals surface area contributed by atoms with Gasteiger partial charge < -0.3 is 14.6 Å². The molecule has 1 saturated carbocycles. The number of halogens is 1. The number of hydrogen-bond acceptors (Lipinski definition) is 3. The molecule has 1 aromatic rings. The van der Waals surface area contributed by atoms with E-state index in [1.54, 1.807) is 12.1 Å². The van der Waals surface area contributed by atoms with Gasteiger partial charge in [0.1, 0.15) is 0 Å². The molecule has 2 fully saturated rings. The standard InChI is InChI=1S/C22H33FO3/c1-3-5-16-6-8-17(9-7-16)18-12-13-22(24,26-15-18)19-10-11-21(25-4-2)20(23)14-19/h10-11,14,16-18,24H,3-9,12-13,15H2,1-2H3/t16?,17?,18?,22-/m0/s1. The molecule has 0 aromatic heterocycles. The molecule has 2 aliphatic rings. The van der Waals surface area contributed by atoms with Gasteiger partial charge in [-0.25, -0.2) is 4.39 Å². The maximum absolute atomic E-state index is 14.1. The zero-order chi connectivity index (χ0) is 18.6. The van der Waals surface area contributed by atoms with Crippen molar-refractivity contribution >= 4 is 0 Å². The van der Waals surface area contributed by atoms with Crippen molar-refractivity contribution in [3.05, 3.63) is 29.6 Å². The molecular weight excluding hydrogens is 331 g/mol. The lowest BCUT2D eigenvalue weighted by Crippen LogP contribution is -2.39. The quantitative estimate of drug-likeness (QED) is 0.734. The van der Waals surface area contributed by atoms with Gasteiger partial charge in [-0.3, -0.25) is 0 Å². The molecule has 0 bridgehead atoms. The van der Waals surface area contributed by atoms with Crippen LogP contribution in [0.15, 0.2) is 18.2 Å². The van der Waals surface area contributed by atoms with Gasteiger partial charge >= 0.3 is 0 Å². The van der Waals surface area contributed by atoms with Crippen LogP contribution in [0.25, 0.3) is 0 Å². The first kappa shape index (κ1) is 19.6. The summed E-state index contributed by atoms with van der Waals surface area (Å²) in [6.07, 6.45) is 9.36. The van der Waals surface area contributed by atoms with Crippen molar-refractivity contribution in [1.82, 2.24) is 0 Å². The monoisotopic (exact) mass is 364 g/mol. The Morgan fingerprint density at radius 1 is 1.15 bits per heavy atom. The zero-order valence-corrected chi connectivity index (χ0v) is 16.2. The Labute approximate surface area is 156 Å². The summed E-state index contributed by atoms with van der Waals surface area (Å²) in [6.45, 7) is 5.07. The molecule has 1 aliphatic heterocycles. The van der Waals surface area contributed by atoms with Crippen LogP contribution in [-0.2, 0) is 10.5 Å². The second kappa shape index (κ2) is 8.71. The first-order chi connectivity index (χ1) is 12.6. The molecule has 1 N–H and O–H groups in total. The fourth-order valence-corrected chi connectivity index (χ4v) is 4.75. The van der Waals surface area contributed by atoms with Gasteiger partial charge in [-0.05, 0) is 62.1 Å². The Morgan fingerprint density at radius 2 is 1.92 bits per heavy atom. The SMILES string of the molecule is CCCC1CCC(C2CC[C@@](O)(c3ccc(OCC)c(F)c3)OC2)CC1. The summed E-state index contributed by atoms with van der Waals surface area (Å²) in [6, 6.07) is 4.64. The van der Waals surface area contributed by atoms with Crippen molar-refractivity contribution < 1.29 is 19.0 Å². The summed E-state index contributed by atoms with van der Waals surface area (Å²) in [4.78, 5) is 0. The molecule has 26 heavy (non-hydrogen) atoms. The van der Waals surface area contributed by atoms with E-state index < -0.39 is 11.6 Å². The van der Waals surface area contributed by atoms with Crippen LogP contribution in [0, 0.1) is 23.6 Å². The average Bonchev–Trinajstić information content (AvgIpc) is 2.65. The van der Waals surface area contributed by atoms with Crippen molar-refractivity contribution in [2.75, 3.05) is 13.2 Å². The van der Waals surface area contributed by atoms with E-state index >= 15 is 0 Å². The van der Waals surface area contributed by atoms with E-state index in [1.165, 1.54) is 44.6 Å². The van der Waals surface area contributed by atoms with E-state index in [4.69, 9.17) is 9.47 Å². The highest BCUT2D eigenvalue weighted by atomic mass is 19.1. The van der Waals surface area contributed by atoms with Crippen LogP contribution in [0.5, 0.6) is 5.75 Å². The van der Waals surface area contributed by atoms with Crippen molar-refractivity contribution in [2.45, 2.75) is 71.0 Å². The van der Waals surface area contributed by atoms with Crippen LogP contribution in [0.1, 0.15) is 70.8 Å². The summed E-state index contributed by atoms with van der Waals surface area (Å²) < 4.78 is 25.3. The summed E-state index contributed by atoms with van der Waals surface area (Å²) in [7, 11) is 0. The number of aliphatic hydroxyl groups is 1. The number of benzene rings is 1. The predicted molar refractivity (Wildman–Crippen MR) is 100 cm³/mol. The Bertz CT molecular complexity index is 573. The smallest absolute Gasteiger partial charge is 0.192 e. The highest BCUT2D eigenvalue weighted by molar-refractivity contribution is 5.31. The van der Waals surface area contributed by atoms with Gasteiger partial charge in [-0.2, -0.15) is 0 Å².